The van der Waals surface area contributed by atoms with Gasteiger partial charge in [0.25, 0.3) is 0 Å². The topological polar surface area (TPSA) is 58.1 Å². The molecule has 2 aromatic rings. The maximum absolute atomic E-state index is 13.2. The zero-order valence-electron chi connectivity index (χ0n) is 16.1. The summed E-state index contributed by atoms with van der Waals surface area (Å²) in [4.78, 5) is 23.9. The lowest BCUT2D eigenvalue weighted by molar-refractivity contribution is -0.126. The molecule has 6 heteroatoms. The summed E-state index contributed by atoms with van der Waals surface area (Å²) in [6.07, 6.45) is 9.55. The van der Waals surface area contributed by atoms with Crippen LogP contribution in [-0.2, 0) is 4.79 Å². The van der Waals surface area contributed by atoms with Crippen molar-refractivity contribution in [2.24, 2.45) is 5.92 Å². The molecular formula is C22H27FN4O. The average Bonchev–Trinajstić information content (AvgIpc) is 2.75. The predicted octanol–water partition coefficient (Wildman–Crippen LogP) is 3.95. The van der Waals surface area contributed by atoms with Gasteiger partial charge in [-0.15, -0.1) is 0 Å². The third kappa shape index (κ3) is 4.49. The van der Waals surface area contributed by atoms with Gasteiger partial charge < -0.3 is 10.2 Å². The van der Waals surface area contributed by atoms with Crippen LogP contribution in [0.2, 0.25) is 0 Å². The van der Waals surface area contributed by atoms with Crippen molar-refractivity contribution in [1.82, 2.24) is 15.3 Å². The van der Waals surface area contributed by atoms with Crippen molar-refractivity contribution in [1.29, 1.82) is 0 Å². The van der Waals surface area contributed by atoms with Crippen LogP contribution in [0.25, 0.3) is 11.4 Å². The van der Waals surface area contributed by atoms with Crippen LogP contribution in [0.15, 0.2) is 36.5 Å². The average molecular weight is 382 g/mol. The zero-order valence-corrected chi connectivity index (χ0v) is 16.1. The molecular weight excluding hydrogens is 355 g/mol. The standard InChI is InChI=1S/C22H27FN4O/c23-18-10-8-16(9-11-18)21-24-13-12-20(26-21)27-14-4-5-17(15-27)22(28)25-19-6-2-1-3-7-19/h8-13,17,19H,1-7,14-15H2,(H,25,28). The van der Waals surface area contributed by atoms with Crippen molar-refractivity contribution in [3.05, 3.63) is 42.3 Å². The van der Waals surface area contributed by atoms with E-state index in [1.165, 1.54) is 31.4 Å². The fourth-order valence-electron chi connectivity index (χ4n) is 4.23. The number of nitrogens with one attached hydrogen (secondary N) is 1. The van der Waals surface area contributed by atoms with Crippen molar-refractivity contribution in [3.8, 4) is 11.4 Å². The Morgan fingerprint density at radius 1 is 1.04 bits per heavy atom. The highest BCUT2D eigenvalue weighted by Gasteiger charge is 2.28. The Labute approximate surface area is 165 Å². The molecule has 1 aromatic carbocycles. The first-order chi connectivity index (χ1) is 13.7. The Morgan fingerprint density at radius 2 is 1.82 bits per heavy atom. The van der Waals surface area contributed by atoms with Crippen molar-refractivity contribution < 1.29 is 9.18 Å². The van der Waals surface area contributed by atoms with E-state index in [0.717, 1.165) is 43.6 Å². The molecule has 148 valence electrons. The Hall–Kier alpha value is -2.50. The van der Waals surface area contributed by atoms with Crippen LogP contribution >= 0.6 is 0 Å². The van der Waals surface area contributed by atoms with E-state index in [2.05, 4.69) is 20.2 Å². The number of aromatic nitrogens is 2. The summed E-state index contributed by atoms with van der Waals surface area (Å²) in [5, 5.41) is 3.27. The lowest BCUT2D eigenvalue weighted by atomic mass is 9.93. The number of rotatable bonds is 4. The number of anilines is 1. The molecule has 1 saturated heterocycles. The highest BCUT2D eigenvalue weighted by Crippen LogP contribution is 2.25. The molecule has 0 spiro atoms. The van der Waals surface area contributed by atoms with Gasteiger partial charge in [0.2, 0.25) is 5.91 Å². The number of hydrogen-bond acceptors (Lipinski definition) is 4. The molecule has 5 nitrogen and oxygen atoms in total. The summed E-state index contributed by atoms with van der Waals surface area (Å²) in [7, 11) is 0. The molecule has 2 aliphatic rings. The first-order valence-corrected chi connectivity index (χ1v) is 10.3. The Kier molecular flexibility index (Phi) is 5.84. The quantitative estimate of drug-likeness (QED) is 0.870. The monoisotopic (exact) mass is 382 g/mol. The molecule has 1 aromatic heterocycles. The third-order valence-corrected chi connectivity index (χ3v) is 5.81. The normalized spacial score (nSPS) is 20.8. The molecule has 1 aliphatic heterocycles. The lowest BCUT2D eigenvalue weighted by Crippen LogP contribution is -2.46. The number of carbonyl (C=O) groups excluding carboxylic acids is 1. The number of nitrogens with zero attached hydrogens (tertiary/aromatic N) is 3. The van der Waals surface area contributed by atoms with Gasteiger partial charge >= 0.3 is 0 Å². The van der Waals surface area contributed by atoms with Crippen molar-refractivity contribution in [2.45, 2.75) is 51.0 Å². The second-order valence-corrected chi connectivity index (χ2v) is 7.87. The van der Waals surface area contributed by atoms with E-state index < -0.39 is 0 Å². The summed E-state index contributed by atoms with van der Waals surface area (Å²) in [5.74, 6) is 1.31. The lowest BCUT2D eigenvalue weighted by Gasteiger charge is -2.34. The van der Waals surface area contributed by atoms with Crippen LogP contribution in [0.4, 0.5) is 10.2 Å². The second kappa shape index (κ2) is 8.67. The minimum Gasteiger partial charge on any atom is -0.356 e. The smallest absolute Gasteiger partial charge is 0.225 e. The molecule has 1 aliphatic carbocycles. The Balaban J connectivity index is 1.43. The Morgan fingerprint density at radius 3 is 2.61 bits per heavy atom. The molecule has 1 unspecified atom stereocenters. The first-order valence-electron chi connectivity index (χ1n) is 10.3. The highest BCUT2D eigenvalue weighted by atomic mass is 19.1. The molecule has 0 radical (unpaired) electrons. The van der Waals surface area contributed by atoms with Gasteiger partial charge in [0.15, 0.2) is 5.82 Å². The van der Waals surface area contributed by atoms with E-state index in [-0.39, 0.29) is 17.6 Å². The van der Waals surface area contributed by atoms with Gasteiger partial charge in [0, 0.05) is 30.9 Å². The van der Waals surface area contributed by atoms with Crippen molar-refractivity contribution in [2.75, 3.05) is 18.0 Å². The molecule has 1 amide bonds. The number of halogens is 1. The Bertz CT molecular complexity index is 804. The van der Waals surface area contributed by atoms with Gasteiger partial charge in [0.1, 0.15) is 11.6 Å². The predicted molar refractivity (Wildman–Crippen MR) is 107 cm³/mol. The molecule has 1 N–H and O–H groups in total. The van der Waals surface area contributed by atoms with Crippen LogP contribution in [0.5, 0.6) is 0 Å². The summed E-state index contributed by atoms with van der Waals surface area (Å²) in [6.45, 7) is 1.56. The number of amides is 1. The summed E-state index contributed by atoms with van der Waals surface area (Å²) >= 11 is 0. The largest absolute Gasteiger partial charge is 0.356 e. The van der Waals surface area contributed by atoms with Crippen LogP contribution in [0.1, 0.15) is 44.9 Å². The second-order valence-electron chi connectivity index (χ2n) is 7.87. The molecule has 28 heavy (non-hydrogen) atoms. The van der Waals surface area contributed by atoms with Gasteiger partial charge in [-0.1, -0.05) is 19.3 Å². The summed E-state index contributed by atoms with van der Waals surface area (Å²) in [6, 6.07) is 8.43. The maximum Gasteiger partial charge on any atom is 0.225 e. The number of hydrogen-bond donors (Lipinski definition) is 1. The van der Waals surface area contributed by atoms with E-state index >= 15 is 0 Å². The van der Waals surface area contributed by atoms with Crippen molar-refractivity contribution >= 4 is 11.7 Å². The third-order valence-electron chi connectivity index (χ3n) is 5.81. The summed E-state index contributed by atoms with van der Waals surface area (Å²) in [5.41, 5.74) is 0.784. The number of carbonyl (C=O) groups is 1. The molecule has 2 fully saturated rings. The van der Waals surface area contributed by atoms with Crippen LogP contribution < -0.4 is 10.2 Å². The van der Waals surface area contributed by atoms with Crippen LogP contribution in [-0.4, -0.2) is 35.0 Å². The molecule has 2 heterocycles. The number of piperidine rings is 1. The van der Waals surface area contributed by atoms with Crippen LogP contribution in [0.3, 0.4) is 0 Å². The number of benzene rings is 1. The fourth-order valence-corrected chi connectivity index (χ4v) is 4.23. The van der Waals surface area contributed by atoms with Gasteiger partial charge in [-0.05, 0) is 56.0 Å². The SMILES string of the molecule is O=C(NC1CCCCC1)C1CCCN(c2ccnc(-c3ccc(F)cc3)n2)C1. The fraction of sp³-hybridized carbons (Fsp3) is 0.500. The molecule has 0 bridgehead atoms. The zero-order chi connectivity index (χ0) is 19.3. The van der Waals surface area contributed by atoms with Crippen LogP contribution in [0, 0.1) is 11.7 Å². The minimum atomic E-state index is -0.275. The molecule has 1 saturated carbocycles. The van der Waals surface area contributed by atoms with Crippen molar-refractivity contribution in [3.63, 3.8) is 0 Å². The van der Waals surface area contributed by atoms with E-state index in [4.69, 9.17) is 0 Å². The van der Waals surface area contributed by atoms with Gasteiger partial charge in [-0.3, -0.25) is 4.79 Å². The molecule has 1 atom stereocenters. The van der Waals surface area contributed by atoms with E-state index in [1.54, 1.807) is 18.3 Å². The van der Waals surface area contributed by atoms with Gasteiger partial charge in [-0.25, -0.2) is 14.4 Å². The minimum absolute atomic E-state index is 0.0000806. The van der Waals surface area contributed by atoms with Gasteiger partial charge in [0.05, 0.1) is 5.92 Å². The van der Waals surface area contributed by atoms with E-state index in [0.29, 0.717) is 18.4 Å². The highest BCUT2D eigenvalue weighted by molar-refractivity contribution is 5.80. The van der Waals surface area contributed by atoms with Gasteiger partial charge in [-0.2, -0.15) is 0 Å². The van der Waals surface area contributed by atoms with E-state index in [9.17, 15) is 9.18 Å². The van der Waals surface area contributed by atoms with E-state index in [1.807, 2.05) is 6.07 Å². The maximum atomic E-state index is 13.2. The molecule has 4 rings (SSSR count). The summed E-state index contributed by atoms with van der Waals surface area (Å²) < 4.78 is 13.2. The first kappa shape index (κ1) is 18.8.